The van der Waals surface area contributed by atoms with E-state index in [1.54, 1.807) is 0 Å². The quantitative estimate of drug-likeness (QED) is 0.199. The fraction of sp³-hybridized carbons (Fsp3) is 0.0952. The van der Waals surface area contributed by atoms with Gasteiger partial charge in [-0.05, 0) is 95.9 Å². The van der Waals surface area contributed by atoms with E-state index in [1.165, 1.54) is 60.1 Å². The molecule has 0 spiro atoms. The van der Waals surface area contributed by atoms with Gasteiger partial charge in [0, 0.05) is 23.5 Å². The Bertz CT molecular complexity index is 2110. The van der Waals surface area contributed by atoms with Crippen molar-refractivity contribution in [2.24, 2.45) is 0 Å². The predicted molar refractivity (Wildman–Crippen MR) is 186 cm³/mol. The molecular weight excluding hydrogens is 532 g/mol. The van der Waals surface area contributed by atoms with Crippen LogP contribution in [0.25, 0.3) is 77.1 Å². The molecule has 2 heteroatoms. The topological polar surface area (TPSA) is 25.8 Å². The highest BCUT2D eigenvalue weighted by Crippen LogP contribution is 2.45. The Kier molecular flexibility index (Phi) is 6.06. The molecule has 2 nitrogen and oxygen atoms in total. The summed E-state index contributed by atoms with van der Waals surface area (Å²) in [7, 11) is 0. The van der Waals surface area contributed by atoms with E-state index in [9.17, 15) is 0 Å². The predicted octanol–water partition coefficient (Wildman–Crippen LogP) is 11.3. The van der Waals surface area contributed by atoms with Crippen LogP contribution >= 0.6 is 0 Å². The normalized spacial score (nSPS) is 12.0. The van der Waals surface area contributed by atoms with Gasteiger partial charge in [-0.2, -0.15) is 0 Å². The Balaban J connectivity index is 1.37. The van der Waals surface area contributed by atoms with Gasteiger partial charge in [-0.25, -0.2) is 0 Å². The number of benzene rings is 6. The highest BCUT2D eigenvalue weighted by molar-refractivity contribution is 6.28. The molecule has 0 saturated carbocycles. The Morgan fingerprint density at radius 3 is 1.30 bits per heavy atom. The van der Waals surface area contributed by atoms with Crippen LogP contribution in [0.1, 0.15) is 26.3 Å². The molecule has 0 radical (unpaired) electrons. The van der Waals surface area contributed by atoms with Crippen LogP contribution < -0.4 is 0 Å². The molecule has 0 aliphatic heterocycles. The van der Waals surface area contributed by atoms with Crippen molar-refractivity contribution in [2.45, 2.75) is 26.2 Å². The van der Waals surface area contributed by atoms with Gasteiger partial charge in [-0.1, -0.05) is 118 Å². The molecule has 210 valence electrons. The van der Waals surface area contributed by atoms with Gasteiger partial charge in [0.15, 0.2) is 0 Å². The van der Waals surface area contributed by atoms with Gasteiger partial charge in [0.05, 0.1) is 11.4 Å². The smallest absolute Gasteiger partial charge is 0.0701 e. The van der Waals surface area contributed by atoms with E-state index in [-0.39, 0.29) is 5.41 Å². The lowest BCUT2D eigenvalue weighted by molar-refractivity contribution is 0.591. The lowest BCUT2D eigenvalue weighted by Gasteiger charge is -2.23. The molecule has 0 aliphatic rings. The SMILES string of the molecule is CC(C)(C)c1cc2ccc3c(-c4ccc(-c5ccccn5)cc4)cc(-c4ccc(-c5ccccn5)cc4)c4ccc(c1)c2c34. The third-order valence-electron chi connectivity index (χ3n) is 8.90. The number of hydrogen-bond donors (Lipinski definition) is 0. The molecule has 0 amide bonds. The zero-order valence-corrected chi connectivity index (χ0v) is 25.2. The van der Waals surface area contributed by atoms with Gasteiger partial charge in [-0.3, -0.25) is 9.97 Å². The maximum absolute atomic E-state index is 4.56. The molecule has 0 bridgehead atoms. The van der Waals surface area contributed by atoms with Crippen molar-refractivity contribution >= 4 is 32.3 Å². The highest BCUT2D eigenvalue weighted by Gasteiger charge is 2.20. The average Bonchev–Trinajstić information content (AvgIpc) is 3.07. The molecule has 0 aliphatic carbocycles. The fourth-order valence-corrected chi connectivity index (χ4v) is 6.53. The first-order chi connectivity index (χ1) is 21.4. The van der Waals surface area contributed by atoms with Crippen LogP contribution in [0.15, 0.2) is 140 Å². The number of pyridine rings is 2. The number of aromatic nitrogens is 2. The summed E-state index contributed by atoms with van der Waals surface area (Å²) in [4.78, 5) is 9.12. The summed E-state index contributed by atoms with van der Waals surface area (Å²) in [6.45, 7) is 6.87. The van der Waals surface area contributed by atoms with Crippen LogP contribution in [-0.2, 0) is 5.41 Å². The Hall–Kier alpha value is -5.34. The zero-order chi connectivity index (χ0) is 29.8. The molecule has 2 heterocycles. The largest absolute Gasteiger partial charge is 0.256 e. The maximum Gasteiger partial charge on any atom is 0.0701 e. The van der Waals surface area contributed by atoms with E-state index in [2.05, 4.69) is 134 Å². The monoisotopic (exact) mass is 564 g/mol. The summed E-state index contributed by atoms with van der Waals surface area (Å²) in [6, 6.07) is 46.2. The van der Waals surface area contributed by atoms with Crippen LogP contribution in [0.4, 0.5) is 0 Å². The third kappa shape index (κ3) is 4.42. The van der Waals surface area contributed by atoms with E-state index in [0.29, 0.717) is 0 Å². The van der Waals surface area contributed by atoms with Crippen molar-refractivity contribution in [3.8, 4) is 44.8 Å². The summed E-state index contributed by atoms with van der Waals surface area (Å²) in [5.41, 5.74) is 10.5. The Labute approximate surface area is 258 Å². The highest BCUT2D eigenvalue weighted by atomic mass is 14.7. The third-order valence-corrected chi connectivity index (χ3v) is 8.90. The second-order valence-corrected chi connectivity index (χ2v) is 12.7. The number of rotatable bonds is 4. The Morgan fingerprint density at radius 1 is 0.432 bits per heavy atom. The van der Waals surface area contributed by atoms with E-state index >= 15 is 0 Å². The van der Waals surface area contributed by atoms with Crippen LogP contribution in [0.5, 0.6) is 0 Å². The van der Waals surface area contributed by atoms with Crippen molar-refractivity contribution in [1.29, 1.82) is 0 Å². The molecule has 0 saturated heterocycles. The summed E-state index contributed by atoms with van der Waals surface area (Å²) in [6.07, 6.45) is 3.70. The van der Waals surface area contributed by atoms with E-state index in [1.807, 2.05) is 36.7 Å². The van der Waals surface area contributed by atoms with Crippen LogP contribution in [-0.4, -0.2) is 9.97 Å². The van der Waals surface area contributed by atoms with Crippen molar-refractivity contribution in [3.63, 3.8) is 0 Å². The van der Waals surface area contributed by atoms with Crippen LogP contribution in [0.3, 0.4) is 0 Å². The van der Waals surface area contributed by atoms with Crippen molar-refractivity contribution in [3.05, 3.63) is 145 Å². The van der Waals surface area contributed by atoms with Gasteiger partial charge in [0.25, 0.3) is 0 Å². The summed E-state index contributed by atoms with van der Waals surface area (Å²) < 4.78 is 0. The van der Waals surface area contributed by atoms with E-state index < -0.39 is 0 Å². The maximum atomic E-state index is 4.56. The van der Waals surface area contributed by atoms with Gasteiger partial charge >= 0.3 is 0 Å². The first kappa shape index (κ1) is 26.3. The molecule has 44 heavy (non-hydrogen) atoms. The molecule has 8 aromatic rings. The molecule has 0 atom stereocenters. The minimum absolute atomic E-state index is 0.0749. The number of hydrogen-bond acceptors (Lipinski definition) is 2. The minimum Gasteiger partial charge on any atom is -0.256 e. The standard InChI is InChI=1S/C42H32N2/c1-42(2,3)33-24-31-18-20-34-36(27-10-14-29(15-11-27)38-8-4-6-22-43-38)26-37(35-21-19-32(25-33)40(31)41(34)35)28-12-16-30(17-13-28)39-9-5-7-23-44-39/h4-26H,1-3H3. The van der Waals surface area contributed by atoms with Crippen LogP contribution in [0, 0.1) is 0 Å². The second kappa shape index (κ2) is 10.1. The average molecular weight is 565 g/mol. The van der Waals surface area contributed by atoms with Crippen molar-refractivity contribution in [1.82, 2.24) is 9.97 Å². The summed E-state index contributed by atoms with van der Waals surface area (Å²) in [5, 5.41) is 7.82. The molecule has 0 N–H and O–H groups in total. The zero-order valence-electron chi connectivity index (χ0n) is 25.2. The first-order valence-corrected chi connectivity index (χ1v) is 15.2. The van der Waals surface area contributed by atoms with Gasteiger partial charge in [-0.15, -0.1) is 0 Å². The molecule has 6 aromatic carbocycles. The van der Waals surface area contributed by atoms with Crippen LogP contribution in [0.2, 0.25) is 0 Å². The minimum atomic E-state index is 0.0749. The van der Waals surface area contributed by atoms with Gasteiger partial charge in [0.2, 0.25) is 0 Å². The Morgan fingerprint density at radius 2 is 0.886 bits per heavy atom. The summed E-state index contributed by atoms with van der Waals surface area (Å²) >= 11 is 0. The van der Waals surface area contributed by atoms with Gasteiger partial charge < -0.3 is 0 Å². The fourth-order valence-electron chi connectivity index (χ4n) is 6.53. The van der Waals surface area contributed by atoms with Gasteiger partial charge in [0.1, 0.15) is 0 Å². The molecule has 0 fully saturated rings. The van der Waals surface area contributed by atoms with Crippen molar-refractivity contribution in [2.75, 3.05) is 0 Å². The van der Waals surface area contributed by atoms with Crippen molar-refractivity contribution < 1.29 is 0 Å². The molecule has 8 rings (SSSR count). The molecule has 0 unspecified atom stereocenters. The first-order valence-electron chi connectivity index (χ1n) is 15.2. The lowest BCUT2D eigenvalue weighted by Crippen LogP contribution is -2.10. The number of nitrogens with zero attached hydrogens (tertiary/aromatic N) is 2. The molecular formula is C42H32N2. The lowest BCUT2D eigenvalue weighted by atomic mass is 9.81. The molecule has 2 aromatic heterocycles. The van der Waals surface area contributed by atoms with E-state index in [0.717, 1.165) is 22.5 Å². The summed E-state index contributed by atoms with van der Waals surface area (Å²) in [5.74, 6) is 0. The van der Waals surface area contributed by atoms with E-state index in [4.69, 9.17) is 0 Å². The second-order valence-electron chi connectivity index (χ2n) is 12.7.